The molecule has 31 heavy (non-hydrogen) atoms. The second kappa shape index (κ2) is 9.65. The monoisotopic (exact) mass is 475 g/mol. The van der Waals surface area contributed by atoms with Crippen molar-refractivity contribution in [1.29, 1.82) is 5.26 Å². The molecule has 7 nitrogen and oxygen atoms in total. The maximum Gasteiger partial charge on any atom is 0.406 e. The summed E-state index contributed by atoms with van der Waals surface area (Å²) in [6, 6.07) is 10.7. The zero-order valence-electron chi connectivity index (χ0n) is 16.4. The van der Waals surface area contributed by atoms with Gasteiger partial charge in [-0.1, -0.05) is 28.2 Å². The normalized spacial score (nSPS) is 11.9. The van der Waals surface area contributed by atoms with E-state index in [-0.39, 0.29) is 10.6 Å². The van der Waals surface area contributed by atoms with Crippen LogP contribution in [0.1, 0.15) is 21.5 Å². The average molecular weight is 476 g/mol. The van der Waals surface area contributed by atoms with Crippen molar-refractivity contribution in [2.45, 2.75) is 17.6 Å². The third-order valence-electron chi connectivity index (χ3n) is 4.17. The van der Waals surface area contributed by atoms with Gasteiger partial charge in [-0.25, -0.2) is 8.42 Å². The van der Waals surface area contributed by atoms with Gasteiger partial charge in [-0.15, -0.1) is 0 Å². The average Bonchev–Trinajstić information content (AvgIpc) is 2.71. The minimum Gasteiger partial charge on any atom is -0.325 e. The zero-order chi connectivity index (χ0) is 23.4. The first kappa shape index (κ1) is 24.6. The third kappa shape index (κ3) is 6.18. The van der Waals surface area contributed by atoms with Crippen molar-refractivity contribution in [2.24, 2.45) is 0 Å². The van der Waals surface area contributed by atoms with Crippen LogP contribution in [0.15, 0.2) is 47.4 Å². The van der Waals surface area contributed by atoms with Crippen LogP contribution < -0.4 is 0 Å². The molecule has 0 fully saturated rings. The summed E-state index contributed by atoms with van der Waals surface area (Å²) in [5, 5.41) is 8.61. The molecule has 12 heteroatoms. The van der Waals surface area contributed by atoms with E-state index in [4.69, 9.17) is 16.9 Å². The van der Waals surface area contributed by atoms with Crippen molar-refractivity contribution >= 4 is 27.5 Å². The lowest BCUT2D eigenvalue weighted by Crippen LogP contribution is -2.38. The topological polar surface area (TPSA) is 90.7 Å². The molecule has 0 unspecified atom stereocenters. The molecule has 0 aromatic heterocycles. The number of hydrogen-bond donors (Lipinski definition) is 0. The van der Waals surface area contributed by atoms with Crippen LogP contribution >= 0.6 is 11.6 Å². The zero-order valence-corrected chi connectivity index (χ0v) is 17.9. The molecule has 0 spiro atoms. The van der Waals surface area contributed by atoms with Gasteiger partial charge in [0.2, 0.25) is 0 Å². The summed E-state index contributed by atoms with van der Waals surface area (Å²) in [5.74, 6) is -1.05. The van der Waals surface area contributed by atoms with E-state index in [9.17, 15) is 26.4 Å². The molecule has 1 amide bonds. The summed E-state index contributed by atoms with van der Waals surface area (Å²) < 4.78 is 64.8. The van der Waals surface area contributed by atoms with Gasteiger partial charge in [0.05, 0.1) is 23.8 Å². The SMILES string of the molecule is CON(C)S(=O)(=O)c1cc(C(=O)N(Cc2ccc(C#N)cc2)CC(F)(F)F)ccc1Cl. The number of alkyl halides is 3. The number of carbonyl (C=O) groups excluding carboxylic acids is 1. The fraction of sp³-hybridized carbons (Fsp3) is 0.263. The second-order valence-corrected chi connectivity index (χ2v) is 8.64. The van der Waals surface area contributed by atoms with Gasteiger partial charge in [-0.2, -0.15) is 18.4 Å². The summed E-state index contributed by atoms with van der Waals surface area (Å²) in [7, 11) is -2.05. The summed E-state index contributed by atoms with van der Waals surface area (Å²) in [4.78, 5) is 17.6. The van der Waals surface area contributed by atoms with Gasteiger partial charge < -0.3 is 4.90 Å². The molecule has 0 atom stereocenters. The Morgan fingerprint density at radius 2 is 1.81 bits per heavy atom. The number of rotatable bonds is 7. The Balaban J connectivity index is 2.44. The predicted molar refractivity (Wildman–Crippen MR) is 105 cm³/mol. The highest BCUT2D eigenvalue weighted by Crippen LogP contribution is 2.27. The lowest BCUT2D eigenvalue weighted by molar-refractivity contribution is -0.141. The Hall–Kier alpha value is -2.65. The molecule has 0 bridgehead atoms. The summed E-state index contributed by atoms with van der Waals surface area (Å²) in [6.45, 7) is -1.97. The lowest BCUT2D eigenvalue weighted by atomic mass is 10.1. The maximum atomic E-state index is 13.1. The third-order valence-corrected chi connectivity index (χ3v) is 6.33. The van der Waals surface area contributed by atoms with Crippen molar-refractivity contribution in [3.05, 3.63) is 64.2 Å². The fourth-order valence-electron chi connectivity index (χ4n) is 2.57. The van der Waals surface area contributed by atoms with Crippen LogP contribution in [-0.2, 0) is 21.4 Å². The summed E-state index contributed by atoms with van der Waals surface area (Å²) >= 11 is 5.94. The Kier molecular flexibility index (Phi) is 7.67. The Labute approximate surface area is 182 Å². The van der Waals surface area contributed by atoms with Crippen LogP contribution in [0.5, 0.6) is 0 Å². The molecular formula is C19H17ClF3N3O4S. The van der Waals surface area contributed by atoms with Gasteiger partial charge in [0.25, 0.3) is 15.9 Å². The van der Waals surface area contributed by atoms with Crippen molar-refractivity contribution in [1.82, 2.24) is 9.37 Å². The molecule has 0 saturated heterocycles. The van der Waals surface area contributed by atoms with E-state index in [0.717, 1.165) is 32.4 Å². The molecule has 2 aromatic rings. The van der Waals surface area contributed by atoms with Crippen LogP contribution in [0.3, 0.4) is 0 Å². The van der Waals surface area contributed by atoms with Crippen molar-refractivity contribution in [2.75, 3.05) is 20.7 Å². The van der Waals surface area contributed by atoms with Crippen LogP contribution in [0, 0.1) is 11.3 Å². The van der Waals surface area contributed by atoms with E-state index in [2.05, 4.69) is 4.84 Å². The second-order valence-electron chi connectivity index (χ2n) is 6.33. The van der Waals surface area contributed by atoms with Gasteiger partial charge in [0.15, 0.2) is 0 Å². The number of nitrogens with zero attached hydrogens (tertiary/aromatic N) is 3. The van der Waals surface area contributed by atoms with Crippen LogP contribution in [0.4, 0.5) is 13.2 Å². The maximum absolute atomic E-state index is 13.1. The molecule has 0 saturated carbocycles. The minimum absolute atomic E-state index is 0.227. The summed E-state index contributed by atoms with van der Waals surface area (Å²) in [5.41, 5.74) is 0.371. The molecular weight excluding hydrogens is 459 g/mol. The highest BCUT2D eigenvalue weighted by Gasteiger charge is 2.34. The van der Waals surface area contributed by atoms with E-state index < -0.39 is 40.1 Å². The molecule has 0 N–H and O–H groups in total. The number of nitriles is 1. The predicted octanol–water partition coefficient (Wildman–Crippen LogP) is 3.60. The van der Waals surface area contributed by atoms with E-state index in [1.807, 2.05) is 6.07 Å². The molecule has 0 radical (unpaired) electrons. The van der Waals surface area contributed by atoms with Crippen molar-refractivity contribution in [3.8, 4) is 6.07 Å². The Bertz CT molecular complexity index is 1100. The van der Waals surface area contributed by atoms with Gasteiger partial charge in [-0.3, -0.25) is 9.63 Å². The molecule has 0 aliphatic rings. The Morgan fingerprint density at radius 3 is 2.32 bits per heavy atom. The number of hydrogen-bond acceptors (Lipinski definition) is 5. The minimum atomic E-state index is -4.69. The van der Waals surface area contributed by atoms with E-state index in [0.29, 0.717) is 20.5 Å². The number of sulfonamides is 1. The van der Waals surface area contributed by atoms with Crippen LogP contribution in [0.2, 0.25) is 5.02 Å². The van der Waals surface area contributed by atoms with E-state index in [1.165, 1.54) is 24.3 Å². The van der Waals surface area contributed by atoms with E-state index in [1.54, 1.807) is 0 Å². The van der Waals surface area contributed by atoms with Crippen LogP contribution in [0.25, 0.3) is 0 Å². The number of hydroxylamine groups is 1. The van der Waals surface area contributed by atoms with Crippen LogP contribution in [-0.4, -0.2) is 50.6 Å². The molecule has 166 valence electrons. The molecule has 0 heterocycles. The summed E-state index contributed by atoms with van der Waals surface area (Å²) in [6.07, 6.45) is -4.69. The highest BCUT2D eigenvalue weighted by molar-refractivity contribution is 7.89. The first-order valence-electron chi connectivity index (χ1n) is 8.56. The first-order valence-corrected chi connectivity index (χ1v) is 10.4. The number of benzene rings is 2. The number of carbonyl (C=O) groups is 1. The number of amides is 1. The standard InChI is InChI=1S/C19H17ClF3N3O4S/c1-25(30-2)31(28,29)17-9-15(7-8-16(17)20)18(27)26(12-19(21,22)23)11-14-5-3-13(10-24)4-6-14/h3-9H,11-12H2,1-2H3. The largest absolute Gasteiger partial charge is 0.406 e. The molecule has 2 aromatic carbocycles. The first-order chi connectivity index (χ1) is 14.4. The Morgan fingerprint density at radius 1 is 1.19 bits per heavy atom. The van der Waals surface area contributed by atoms with Crippen molar-refractivity contribution < 1.29 is 31.2 Å². The van der Waals surface area contributed by atoms with E-state index >= 15 is 0 Å². The van der Waals surface area contributed by atoms with Gasteiger partial charge in [0, 0.05) is 19.2 Å². The van der Waals surface area contributed by atoms with Gasteiger partial charge in [0.1, 0.15) is 11.4 Å². The quantitative estimate of drug-likeness (QED) is 0.571. The molecule has 0 aliphatic carbocycles. The van der Waals surface area contributed by atoms with Gasteiger partial charge >= 0.3 is 6.18 Å². The fourth-order valence-corrected chi connectivity index (χ4v) is 4.05. The molecule has 2 rings (SSSR count). The smallest absolute Gasteiger partial charge is 0.325 e. The number of halogens is 4. The molecule has 0 aliphatic heterocycles. The lowest BCUT2D eigenvalue weighted by Gasteiger charge is -2.25. The van der Waals surface area contributed by atoms with Gasteiger partial charge in [-0.05, 0) is 35.9 Å². The highest BCUT2D eigenvalue weighted by atomic mass is 35.5. The van der Waals surface area contributed by atoms with Crippen molar-refractivity contribution in [3.63, 3.8) is 0 Å².